The van der Waals surface area contributed by atoms with E-state index in [1.54, 1.807) is 12.1 Å². The van der Waals surface area contributed by atoms with Gasteiger partial charge in [-0.3, -0.25) is 5.32 Å². The van der Waals surface area contributed by atoms with Crippen molar-refractivity contribution in [3.8, 4) is 0 Å². The number of halogens is 1. The number of carbonyl (C=O) groups is 1. The number of benzene rings is 1. The maximum Gasteiger partial charge on any atom is 0.330 e. The molecular weight excluding hydrogens is 238 g/mol. The molecule has 2 rings (SSSR count). The molecule has 1 unspecified atom stereocenters. The van der Waals surface area contributed by atoms with Gasteiger partial charge in [0.1, 0.15) is 5.54 Å². The smallest absolute Gasteiger partial charge is 0.330 e. The van der Waals surface area contributed by atoms with Crippen LogP contribution in [0.15, 0.2) is 24.3 Å². The summed E-state index contributed by atoms with van der Waals surface area (Å²) in [6.07, 6.45) is 2.21. The van der Waals surface area contributed by atoms with Gasteiger partial charge >= 0.3 is 5.97 Å². The molecule has 1 atom stereocenters. The molecule has 17 heavy (non-hydrogen) atoms. The van der Waals surface area contributed by atoms with E-state index in [4.69, 9.17) is 16.3 Å². The molecule has 1 N–H and O–H groups in total. The van der Waals surface area contributed by atoms with Crippen LogP contribution in [0.2, 0.25) is 5.02 Å². The Labute approximate surface area is 106 Å². The summed E-state index contributed by atoms with van der Waals surface area (Å²) in [5.41, 5.74) is 0.0182. The van der Waals surface area contributed by atoms with Gasteiger partial charge in [-0.05, 0) is 37.5 Å². The number of hydrogen-bond donors (Lipinski definition) is 1. The summed E-state index contributed by atoms with van der Waals surface area (Å²) < 4.78 is 4.89. The lowest BCUT2D eigenvalue weighted by molar-refractivity contribution is -0.148. The molecule has 0 heterocycles. The van der Waals surface area contributed by atoms with Crippen molar-refractivity contribution in [1.29, 1.82) is 0 Å². The number of hydrogen-bond acceptors (Lipinski definition) is 3. The minimum Gasteiger partial charge on any atom is -0.467 e. The van der Waals surface area contributed by atoms with Crippen LogP contribution in [0, 0.1) is 0 Å². The number of ether oxygens (including phenoxy) is 1. The molecule has 0 saturated heterocycles. The molecule has 0 amide bonds. The minimum absolute atomic E-state index is 0.285. The molecular formula is C13H16ClNO2. The molecule has 1 aromatic rings. The molecule has 1 aliphatic rings. The van der Waals surface area contributed by atoms with E-state index < -0.39 is 5.54 Å². The van der Waals surface area contributed by atoms with Crippen LogP contribution in [0.5, 0.6) is 0 Å². The number of carbonyl (C=O) groups excluding carboxylic acids is 1. The highest BCUT2D eigenvalue weighted by Gasteiger charge is 2.40. The average Bonchev–Trinajstić information content (AvgIpc) is 3.11. The van der Waals surface area contributed by atoms with Crippen molar-refractivity contribution in [2.24, 2.45) is 0 Å². The Bertz CT molecular complexity index is 431. The molecule has 1 fully saturated rings. The van der Waals surface area contributed by atoms with E-state index in [1.165, 1.54) is 7.11 Å². The van der Waals surface area contributed by atoms with Crippen LogP contribution in [0.1, 0.15) is 25.3 Å². The van der Waals surface area contributed by atoms with Crippen LogP contribution in [0.25, 0.3) is 0 Å². The van der Waals surface area contributed by atoms with Gasteiger partial charge in [-0.2, -0.15) is 0 Å². The lowest BCUT2D eigenvalue weighted by Gasteiger charge is -2.28. The summed E-state index contributed by atoms with van der Waals surface area (Å²) in [4.78, 5) is 12.0. The van der Waals surface area contributed by atoms with Gasteiger partial charge in [0.05, 0.1) is 7.11 Å². The first-order chi connectivity index (χ1) is 8.06. The molecule has 0 spiro atoms. The zero-order valence-corrected chi connectivity index (χ0v) is 10.8. The van der Waals surface area contributed by atoms with Crippen molar-refractivity contribution in [3.05, 3.63) is 34.9 Å². The maximum atomic E-state index is 12.0. The first kappa shape index (κ1) is 12.4. The molecule has 0 bridgehead atoms. The van der Waals surface area contributed by atoms with Gasteiger partial charge in [-0.15, -0.1) is 0 Å². The number of esters is 1. The Balaban J connectivity index is 2.34. The van der Waals surface area contributed by atoms with Crippen molar-refractivity contribution in [2.45, 2.75) is 31.3 Å². The van der Waals surface area contributed by atoms with Crippen molar-refractivity contribution in [2.75, 3.05) is 7.11 Å². The van der Waals surface area contributed by atoms with Crippen molar-refractivity contribution in [1.82, 2.24) is 5.32 Å². The van der Waals surface area contributed by atoms with Crippen LogP contribution >= 0.6 is 11.6 Å². The van der Waals surface area contributed by atoms with E-state index in [9.17, 15) is 4.79 Å². The van der Waals surface area contributed by atoms with Gasteiger partial charge in [0.15, 0.2) is 0 Å². The standard InChI is InChI=1S/C13H16ClNO2/c1-13(12(16)17-2,15-11-6-7-11)9-4-3-5-10(14)8-9/h3-5,8,11,15H,6-7H2,1-2H3. The van der Waals surface area contributed by atoms with Crippen LogP contribution in [-0.4, -0.2) is 19.1 Å². The van der Waals surface area contributed by atoms with Gasteiger partial charge in [0.2, 0.25) is 0 Å². The van der Waals surface area contributed by atoms with Gasteiger partial charge in [0.25, 0.3) is 0 Å². The van der Waals surface area contributed by atoms with Crippen LogP contribution < -0.4 is 5.32 Å². The summed E-state index contributed by atoms with van der Waals surface area (Å²) in [7, 11) is 1.40. The highest BCUT2D eigenvalue weighted by atomic mass is 35.5. The minimum atomic E-state index is -0.819. The van der Waals surface area contributed by atoms with Gasteiger partial charge in [-0.1, -0.05) is 23.7 Å². The van der Waals surface area contributed by atoms with Gasteiger partial charge in [-0.25, -0.2) is 4.79 Å². The largest absolute Gasteiger partial charge is 0.467 e. The monoisotopic (exact) mass is 253 g/mol. The number of rotatable bonds is 4. The third kappa shape index (κ3) is 2.61. The Morgan fingerprint density at radius 1 is 1.53 bits per heavy atom. The first-order valence-electron chi connectivity index (χ1n) is 5.68. The highest BCUT2D eigenvalue weighted by molar-refractivity contribution is 6.30. The molecule has 0 aliphatic heterocycles. The summed E-state index contributed by atoms with van der Waals surface area (Å²) in [6, 6.07) is 7.72. The van der Waals surface area contributed by atoms with E-state index in [-0.39, 0.29) is 5.97 Å². The lowest BCUT2D eigenvalue weighted by atomic mass is 9.92. The predicted octanol–water partition coefficient (Wildman–Crippen LogP) is 2.48. The molecule has 0 aromatic heterocycles. The lowest BCUT2D eigenvalue weighted by Crippen LogP contribution is -2.48. The van der Waals surface area contributed by atoms with Gasteiger partial charge in [0, 0.05) is 11.1 Å². The third-order valence-corrected chi connectivity index (χ3v) is 3.30. The molecule has 0 radical (unpaired) electrons. The molecule has 4 heteroatoms. The second-order valence-electron chi connectivity index (χ2n) is 4.55. The Kier molecular flexibility index (Phi) is 3.40. The summed E-state index contributed by atoms with van der Waals surface area (Å²) in [6.45, 7) is 1.84. The zero-order valence-electron chi connectivity index (χ0n) is 10.00. The van der Waals surface area contributed by atoms with E-state index >= 15 is 0 Å². The Morgan fingerprint density at radius 2 is 2.24 bits per heavy atom. The second-order valence-corrected chi connectivity index (χ2v) is 4.98. The van der Waals surface area contributed by atoms with Crippen LogP contribution in [-0.2, 0) is 15.1 Å². The molecule has 92 valence electrons. The Morgan fingerprint density at radius 3 is 2.76 bits per heavy atom. The van der Waals surface area contributed by atoms with Crippen molar-refractivity contribution in [3.63, 3.8) is 0 Å². The van der Waals surface area contributed by atoms with Crippen LogP contribution in [0.3, 0.4) is 0 Å². The molecule has 1 saturated carbocycles. The molecule has 1 aromatic carbocycles. The summed E-state index contributed by atoms with van der Waals surface area (Å²) in [5.74, 6) is -0.285. The summed E-state index contributed by atoms with van der Waals surface area (Å²) in [5, 5.41) is 3.95. The van der Waals surface area contributed by atoms with E-state index in [0.29, 0.717) is 11.1 Å². The quantitative estimate of drug-likeness (QED) is 0.838. The van der Waals surface area contributed by atoms with E-state index in [1.807, 2.05) is 19.1 Å². The van der Waals surface area contributed by atoms with Crippen molar-refractivity contribution >= 4 is 17.6 Å². The zero-order chi connectivity index (χ0) is 12.5. The van der Waals surface area contributed by atoms with E-state index in [2.05, 4.69) is 5.32 Å². The summed E-state index contributed by atoms with van der Waals surface area (Å²) >= 11 is 5.97. The fraction of sp³-hybridized carbons (Fsp3) is 0.462. The van der Waals surface area contributed by atoms with E-state index in [0.717, 1.165) is 18.4 Å². The molecule has 1 aliphatic carbocycles. The van der Waals surface area contributed by atoms with Crippen molar-refractivity contribution < 1.29 is 9.53 Å². The number of nitrogens with one attached hydrogen (secondary N) is 1. The average molecular weight is 254 g/mol. The normalized spacial score (nSPS) is 18.5. The maximum absolute atomic E-state index is 12.0. The third-order valence-electron chi connectivity index (χ3n) is 3.07. The SMILES string of the molecule is COC(=O)C(C)(NC1CC1)c1cccc(Cl)c1. The second kappa shape index (κ2) is 4.67. The first-order valence-corrected chi connectivity index (χ1v) is 6.06. The fourth-order valence-electron chi connectivity index (χ4n) is 1.90. The Hall–Kier alpha value is -1.06. The number of methoxy groups -OCH3 is 1. The van der Waals surface area contributed by atoms with Gasteiger partial charge < -0.3 is 4.74 Å². The topological polar surface area (TPSA) is 38.3 Å². The fourth-order valence-corrected chi connectivity index (χ4v) is 2.09. The predicted molar refractivity (Wildman–Crippen MR) is 67.0 cm³/mol. The van der Waals surface area contributed by atoms with Crippen LogP contribution in [0.4, 0.5) is 0 Å². The molecule has 3 nitrogen and oxygen atoms in total. The highest BCUT2D eigenvalue weighted by Crippen LogP contribution is 2.30.